The second kappa shape index (κ2) is 7.89. The number of anilines is 1. The Morgan fingerprint density at radius 2 is 2.10 bits per heavy atom. The van der Waals surface area contributed by atoms with Crippen molar-refractivity contribution in [3.05, 3.63) is 35.2 Å². The Morgan fingerprint density at radius 1 is 1.28 bits per heavy atom. The van der Waals surface area contributed by atoms with Gasteiger partial charge < -0.3 is 15.5 Å². The first-order valence-electron chi connectivity index (χ1n) is 10.1. The lowest BCUT2D eigenvalue weighted by atomic mass is 10.0. The minimum absolute atomic E-state index is 0.261. The number of nitrogens with one attached hydrogen (secondary N) is 1. The molecule has 1 unspecified atom stereocenters. The molecule has 3 heterocycles. The molecule has 0 aliphatic carbocycles. The average Bonchev–Trinajstić information content (AvgIpc) is 3.11. The van der Waals surface area contributed by atoms with Crippen molar-refractivity contribution in [3.8, 4) is 17.0 Å². The number of nitrogens with zero attached hydrogens (tertiary/aromatic N) is 3. The second-order valence-electron chi connectivity index (χ2n) is 8.59. The van der Waals surface area contributed by atoms with Crippen molar-refractivity contribution in [2.24, 2.45) is 0 Å². The van der Waals surface area contributed by atoms with Gasteiger partial charge in [0.1, 0.15) is 11.6 Å². The Bertz CT molecular complexity index is 1010. The summed E-state index contributed by atoms with van der Waals surface area (Å²) in [6.07, 6.45) is 2.16. The van der Waals surface area contributed by atoms with E-state index in [1.54, 1.807) is 11.3 Å². The number of piperidine rings is 1. The van der Waals surface area contributed by atoms with E-state index in [-0.39, 0.29) is 11.8 Å². The molecule has 0 saturated carbocycles. The highest BCUT2D eigenvalue weighted by Gasteiger charge is 2.25. The summed E-state index contributed by atoms with van der Waals surface area (Å²) in [5.41, 5.74) is 1.69. The maximum absolute atomic E-state index is 10.7. The van der Waals surface area contributed by atoms with Crippen LogP contribution in [0.1, 0.15) is 32.3 Å². The van der Waals surface area contributed by atoms with E-state index < -0.39 is 5.60 Å². The molecule has 0 bridgehead atoms. The molecule has 7 heteroatoms. The Kier molecular flexibility index (Phi) is 5.46. The lowest BCUT2D eigenvalue weighted by Crippen LogP contribution is -2.47. The number of aromatic nitrogens is 2. The topological polar surface area (TPSA) is 81.5 Å². The minimum Gasteiger partial charge on any atom is -0.507 e. The number of aromatic hydroxyl groups is 1. The van der Waals surface area contributed by atoms with E-state index in [0.29, 0.717) is 17.8 Å². The fourth-order valence-corrected chi connectivity index (χ4v) is 4.90. The third-order valence-electron chi connectivity index (χ3n) is 5.31. The van der Waals surface area contributed by atoms with Gasteiger partial charge in [0.05, 0.1) is 11.3 Å². The van der Waals surface area contributed by atoms with Gasteiger partial charge in [0.2, 0.25) is 0 Å². The number of aryl methyl sites for hydroxylation is 1. The molecule has 1 saturated heterocycles. The van der Waals surface area contributed by atoms with Crippen LogP contribution in [0.25, 0.3) is 21.3 Å². The summed E-state index contributed by atoms with van der Waals surface area (Å²) in [4.78, 5) is 2.30. The van der Waals surface area contributed by atoms with Crippen LogP contribution in [-0.4, -0.2) is 56.6 Å². The molecule has 1 aliphatic rings. The maximum Gasteiger partial charge on any atom is 0.149 e. The van der Waals surface area contributed by atoms with E-state index in [2.05, 4.69) is 20.4 Å². The second-order valence-corrected chi connectivity index (χ2v) is 9.53. The van der Waals surface area contributed by atoms with Crippen LogP contribution >= 0.6 is 11.3 Å². The van der Waals surface area contributed by atoms with Crippen LogP contribution in [0.3, 0.4) is 0 Å². The van der Waals surface area contributed by atoms with Gasteiger partial charge in [0.15, 0.2) is 0 Å². The van der Waals surface area contributed by atoms with Gasteiger partial charge in [-0.2, -0.15) is 0 Å². The quantitative estimate of drug-likeness (QED) is 0.587. The summed E-state index contributed by atoms with van der Waals surface area (Å²) in [5.74, 6) is 1.01. The number of rotatable bonds is 5. The standard InChI is InChI=1S/C22H28N4O2S/c1-14-11-19(23-15-5-4-9-26(12-15)13-22(2,3)28)24-25-20(14)17-6-7-18-16(21(17)27)8-10-29-18/h6-8,10-11,15,27-28H,4-5,9,12-13H2,1-3H3,(H,23,24). The van der Waals surface area contributed by atoms with E-state index in [9.17, 15) is 10.2 Å². The zero-order valence-electron chi connectivity index (χ0n) is 17.1. The van der Waals surface area contributed by atoms with Gasteiger partial charge in [0, 0.05) is 34.8 Å². The number of fused-ring (bicyclic) bond motifs is 1. The molecule has 2 aromatic heterocycles. The van der Waals surface area contributed by atoms with E-state index in [1.807, 2.05) is 50.4 Å². The number of benzene rings is 1. The van der Waals surface area contributed by atoms with Gasteiger partial charge in [-0.25, -0.2) is 0 Å². The van der Waals surface area contributed by atoms with Gasteiger partial charge in [-0.15, -0.1) is 21.5 Å². The Hall–Kier alpha value is -2.22. The van der Waals surface area contributed by atoms with Crippen LogP contribution in [0.15, 0.2) is 29.6 Å². The zero-order chi connectivity index (χ0) is 20.6. The smallest absolute Gasteiger partial charge is 0.149 e. The van der Waals surface area contributed by atoms with Crippen molar-refractivity contribution < 1.29 is 10.2 Å². The molecule has 4 rings (SSSR count). The molecule has 6 nitrogen and oxygen atoms in total. The molecule has 0 amide bonds. The number of hydrogen-bond acceptors (Lipinski definition) is 7. The van der Waals surface area contributed by atoms with Gasteiger partial charge in [-0.3, -0.25) is 4.90 Å². The molecule has 1 fully saturated rings. The molecule has 0 radical (unpaired) electrons. The minimum atomic E-state index is -0.689. The molecular weight excluding hydrogens is 384 g/mol. The fraction of sp³-hybridized carbons (Fsp3) is 0.455. The molecule has 29 heavy (non-hydrogen) atoms. The first-order valence-corrected chi connectivity index (χ1v) is 10.9. The van der Waals surface area contributed by atoms with Crippen molar-refractivity contribution in [1.82, 2.24) is 15.1 Å². The van der Waals surface area contributed by atoms with Gasteiger partial charge in [-0.05, 0) is 75.4 Å². The summed E-state index contributed by atoms with van der Waals surface area (Å²) >= 11 is 1.61. The van der Waals surface area contributed by atoms with E-state index in [0.717, 1.165) is 47.4 Å². The van der Waals surface area contributed by atoms with Gasteiger partial charge in [-0.1, -0.05) is 0 Å². The number of phenols is 1. The third-order valence-corrected chi connectivity index (χ3v) is 6.20. The largest absolute Gasteiger partial charge is 0.507 e. The molecule has 1 atom stereocenters. The van der Waals surface area contributed by atoms with E-state index in [4.69, 9.17) is 0 Å². The highest BCUT2D eigenvalue weighted by molar-refractivity contribution is 7.17. The number of phenolic OH excluding ortho intramolecular Hbond substituents is 1. The predicted molar refractivity (Wildman–Crippen MR) is 119 cm³/mol. The number of likely N-dealkylation sites (tertiary alicyclic amines) is 1. The summed E-state index contributed by atoms with van der Waals surface area (Å²) in [6, 6.07) is 8.13. The summed E-state index contributed by atoms with van der Waals surface area (Å²) in [6.45, 7) is 8.24. The molecule has 154 valence electrons. The molecular formula is C22H28N4O2S. The van der Waals surface area contributed by atoms with Crippen molar-refractivity contribution in [2.45, 2.75) is 45.3 Å². The lowest BCUT2D eigenvalue weighted by molar-refractivity contribution is 0.0286. The molecule has 1 aliphatic heterocycles. The van der Waals surface area contributed by atoms with E-state index in [1.165, 1.54) is 0 Å². The molecule has 1 aromatic carbocycles. The number of thiophene rings is 1. The molecule has 3 N–H and O–H groups in total. The first-order chi connectivity index (χ1) is 13.8. The Morgan fingerprint density at radius 3 is 2.86 bits per heavy atom. The zero-order valence-corrected chi connectivity index (χ0v) is 18.0. The van der Waals surface area contributed by atoms with Crippen LogP contribution < -0.4 is 5.32 Å². The van der Waals surface area contributed by atoms with Crippen molar-refractivity contribution in [2.75, 3.05) is 25.0 Å². The monoisotopic (exact) mass is 412 g/mol. The van der Waals surface area contributed by atoms with E-state index >= 15 is 0 Å². The maximum atomic E-state index is 10.7. The van der Waals surface area contributed by atoms with Crippen LogP contribution in [0.5, 0.6) is 5.75 Å². The normalized spacial score (nSPS) is 18.3. The number of hydrogen-bond donors (Lipinski definition) is 3. The summed E-state index contributed by atoms with van der Waals surface area (Å²) in [5, 5.41) is 35.9. The SMILES string of the molecule is Cc1cc(NC2CCCN(CC(C)(C)O)C2)nnc1-c1ccc2sccc2c1O. The first kappa shape index (κ1) is 20.1. The number of β-amino-alcohol motifs (C(OH)–C–C–N with tert-alkyl or cyclic N) is 1. The summed E-state index contributed by atoms with van der Waals surface area (Å²) in [7, 11) is 0. The predicted octanol–water partition coefficient (Wildman–Crippen LogP) is 4.02. The third kappa shape index (κ3) is 4.52. The van der Waals surface area contributed by atoms with Gasteiger partial charge in [0.25, 0.3) is 0 Å². The van der Waals surface area contributed by atoms with Crippen molar-refractivity contribution >= 4 is 27.2 Å². The lowest BCUT2D eigenvalue weighted by Gasteiger charge is -2.36. The van der Waals surface area contributed by atoms with Crippen LogP contribution in [0.2, 0.25) is 0 Å². The molecule has 3 aromatic rings. The fourth-order valence-electron chi connectivity index (χ4n) is 4.11. The van der Waals surface area contributed by atoms with Gasteiger partial charge >= 0.3 is 0 Å². The van der Waals surface area contributed by atoms with Crippen LogP contribution in [-0.2, 0) is 0 Å². The van der Waals surface area contributed by atoms with Crippen LogP contribution in [0.4, 0.5) is 5.82 Å². The molecule has 0 spiro atoms. The number of aliphatic hydroxyl groups is 1. The van der Waals surface area contributed by atoms with Crippen LogP contribution in [0, 0.1) is 6.92 Å². The average molecular weight is 413 g/mol. The highest BCUT2D eigenvalue weighted by atomic mass is 32.1. The van der Waals surface area contributed by atoms with Crippen molar-refractivity contribution in [1.29, 1.82) is 0 Å². The highest BCUT2D eigenvalue weighted by Crippen LogP contribution is 2.38. The Labute approximate surface area is 175 Å². The Balaban J connectivity index is 1.50. The van der Waals surface area contributed by atoms with Crippen molar-refractivity contribution in [3.63, 3.8) is 0 Å². The summed E-state index contributed by atoms with van der Waals surface area (Å²) < 4.78 is 1.06.